The Morgan fingerprint density at radius 2 is 1.21 bits per heavy atom. The average molecular weight is 749 g/mol. The molecule has 0 radical (unpaired) electrons. The summed E-state index contributed by atoms with van der Waals surface area (Å²) in [4.78, 5) is 13.9. The number of allylic oxidation sites excluding steroid dienone is 4. The van der Waals surface area contributed by atoms with Crippen LogP contribution in [0.4, 0.5) is 0 Å². The molecule has 0 aliphatic heterocycles. The third kappa shape index (κ3) is 5.70. The van der Waals surface area contributed by atoms with Crippen molar-refractivity contribution in [2.24, 2.45) is 5.92 Å². The molecule has 5 aromatic heterocycles. The number of fused-ring (bicyclic) bond motifs is 6. The third-order valence-electron chi connectivity index (χ3n) is 11.5. The molecule has 57 heavy (non-hydrogen) atoms. The van der Waals surface area contributed by atoms with E-state index in [0.29, 0.717) is 5.92 Å². The molecule has 11 rings (SSSR count). The van der Waals surface area contributed by atoms with Gasteiger partial charge in [-0.1, -0.05) is 79.7 Å². The predicted molar refractivity (Wildman–Crippen MR) is 240 cm³/mol. The second-order valence-corrected chi connectivity index (χ2v) is 16.0. The first-order valence-corrected chi connectivity index (χ1v) is 20.3. The SMILES string of the molecule is CC1CC=CC(c2ccc3c(c2)c2cc(-c4ccccc4-c4ccccn4)ccc2n3-c2ccc3sc4ccc(-c5cccnc5)cc4c3c2)=C1c1ccccn1. The Kier molecular flexibility index (Phi) is 8.00. The second-order valence-electron chi connectivity index (χ2n) is 14.9. The molecule has 4 nitrogen and oxygen atoms in total. The summed E-state index contributed by atoms with van der Waals surface area (Å²) in [7, 11) is 0. The fraction of sp³-hybridized carbons (Fsp3) is 0.0577. The molecule has 10 aromatic rings. The molecule has 5 heteroatoms. The summed E-state index contributed by atoms with van der Waals surface area (Å²) >= 11 is 1.85. The molecule has 0 amide bonds. The van der Waals surface area contributed by atoms with Gasteiger partial charge in [0.05, 0.1) is 22.4 Å². The van der Waals surface area contributed by atoms with Gasteiger partial charge in [0.15, 0.2) is 0 Å². The van der Waals surface area contributed by atoms with Crippen LogP contribution in [0.5, 0.6) is 0 Å². The number of pyridine rings is 3. The lowest BCUT2D eigenvalue weighted by Crippen LogP contribution is -2.06. The summed E-state index contributed by atoms with van der Waals surface area (Å²) < 4.78 is 5.01. The number of nitrogens with zero attached hydrogens (tertiary/aromatic N) is 4. The van der Waals surface area contributed by atoms with E-state index in [1.807, 2.05) is 54.3 Å². The zero-order valence-electron chi connectivity index (χ0n) is 31.3. The van der Waals surface area contributed by atoms with Crippen LogP contribution in [-0.4, -0.2) is 19.5 Å². The minimum atomic E-state index is 0.359. The van der Waals surface area contributed by atoms with E-state index in [1.54, 1.807) is 0 Å². The van der Waals surface area contributed by atoms with Crippen molar-refractivity contribution in [2.45, 2.75) is 13.3 Å². The van der Waals surface area contributed by atoms with Gasteiger partial charge < -0.3 is 4.57 Å². The van der Waals surface area contributed by atoms with E-state index in [2.05, 4.69) is 156 Å². The summed E-state index contributed by atoms with van der Waals surface area (Å²) in [6.07, 6.45) is 13.1. The minimum Gasteiger partial charge on any atom is -0.309 e. The third-order valence-corrected chi connectivity index (χ3v) is 12.6. The number of thiophene rings is 1. The average Bonchev–Trinajstić information content (AvgIpc) is 3.81. The molecule has 0 saturated carbocycles. The van der Waals surface area contributed by atoms with Crippen LogP contribution in [0.15, 0.2) is 183 Å². The second kappa shape index (κ2) is 13.7. The van der Waals surface area contributed by atoms with E-state index in [0.717, 1.165) is 45.7 Å². The molecule has 0 spiro atoms. The number of benzene rings is 5. The molecule has 1 unspecified atom stereocenters. The van der Waals surface area contributed by atoms with Crippen LogP contribution in [0.2, 0.25) is 0 Å². The number of hydrogen-bond acceptors (Lipinski definition) is 4. The normalized spacial score (nSPS) is 14.4. The van der Waals surface area contributed by atoms with E-state index in [1.165, 1.54) is 64.3 Å². The van der Waals surface area contributed by atoms with Gasteiger partial charge in [-0.05, 0) is 131 Å². The number of rotatable bonds is 6. The van der Waals surface area contributed by atoms with Gasteiger partial charge in [-0.3, -0.25) is 15.0 Å². The van der Waals surface area contributed by atoms with Crippen molar-refractivity contribution in [1.29, 1.82) is 0 Å². The zero-order valence-corrected chi connectivity index (χ0v) is 32.1. The lowest BCUT2D eigenvalue weighted by Gasteiger charge is -2.22. The van der Waals surface area contributed by atoms with Gasteiger partial charge in [-0.2, -0.15) is 0 Å². The van der Waals surface area contributed by atoms with E-state index in [-0.39, 0.29) is 0 Å². The summed E-state index contributed by atoms with van der Waals surface area (Å²) in [5.41, 5.74) is 15.0. The molecular formula is C52H36N4S. The highest BCUT2D eigenvalue weighted by Crippen LogP contribution is 2.43. The first kappa shape index (κ1) is 33.4. The van der Waals surface area contributed by atoms with Gasteiger partial charge in [0.25, 0.3) is 0 Å². The quantitative estimate of drug-likeness (QED) is 0.170. The monoisotopic (exact) mass is 748 g/mol. The topological polar surface area (TPSA) is 43.6 Å². The lowest BCUT2D eigenvalue weighted by atomic mass is 9.83. The van der Waals surface area contributed by atoms with Crippen molar-refractivity contribution >= 4 is 64.5 Å². The van der Waals surface area contributed by atoms with Crippen LogP contribution in [0, 0.1) is 5.92 Å². The Bertz CT molecular complexity index is 3210. The maximum atomic E-state index is 4.82. The van der Waals surface area contributed by atoms with Crippen LogP contribution in [0.3, 0.4) is 0 Å². The first-order valence-electron chi connectivity index (χ1n) is 19.5. The van der Waals surface area contributed by atoms with Crippen molar-refractivity contribution in [3.05, 3.63) is 194 Å². The highest BCUT2D eigenvalue weighted by Gasteiger charge is 2.22. The Morgan fingerprint density at radius 3 is 1.96 bits per heavy atom. The van der Waals surface area contributed by atoms with Crippen LogP contribution >= 0.6 is 11.3 Å². The van der Waals surface area contributed by atoms with Crippen molar-refractivity contribution in [3.8, 4) is 39.2 Å². The largest absolute Gasteiger partial charge is 0.309 e. The summed E-state index contributed by atoms with van der Waals surface area (Å²) in [6, 6.07) is 52.8. The Morgan fingerprint density at radius 1 is 0.544 bits per heavy atom. The highest BCUT2D eigenvalue weighted by molar-refractivity contribution is 7.25. The Balaban J connectivity index is 1.15. The van der Waals surface area contributed by atoms with Crippen molar-refractivity contribution in [1.82, 2.24) is 19.5 Å². The Labute approximate surface area is 334 Å². The fourth-order valence-electron chi connectivity index (χ4n) is 8.76. The van der Waals surface area contributed by atoms with E-state index in [4.69, 9.17) is 9.97 Å². The van der Waals surface area contributed by atoms with Crippen molar-refractivity contribution < 1.29 is 0 Å². The highest BCUT2D eigenvalue weighted by atomic mass is 32.1. The van der Waals surface area contributed by atoms with Gasteiger partial charge in [0.1, 0.15) is 0 Å². The standard InChI is InChI=1S/C52H36N4S/c1-33-10-8-14-40(52(33)47-16-5-7-27-55-47)36-18-22-49-43(30-36)42-29-35(39-12-2-3-13-41(39)46-15-4-6-26-54-46)17-21-48(42)56(49)38-20-24-51-45(31-38)44-28-34(19-23-50(44)57-51)37-11-9-25-53-32-37/h2-9,11-33H,10H2,1H3. The van der Waals surface area contributed by atoms with Gasteiger partial charge in [-0.15, -0.1) is 11.3 Å². The van der Waals surface area contributed by atoms with Gasteiger partial charge >= 0.3 is 0 Å². The summed E-state index contributed by atoms with van der Waals surface area (Å²) in [6.45, 7) is 2.31. The maximum Gasteiger partial charge on any atom is 0.0708 e. The molecule has 1 aliphatic carbocycles. The predicted octanol–water partition coefficient (Wildman–Crippen LogP) is 13.8. The molecular weight excluding hydrogens is 713 g/mol. The molecule has 0 N–H and O–H groups in total. The summed E-state index contributed by atoms with van der Waals surface area (Å²) in [5.74, 6) is 0.359. The minimum absolute atomic E-state index is 0.359. The van der Waals surface area contributed by atoms with Crippen LogP contribution in [0.1, 0.15) is 24.6 Å². The maximum absolute atomic E-state index is 4.82. The van der Waals surface area contributed by atoms with Crippen LogP contribution in [0.25, 0.3) is 92.3 Å². The smallest absolute Gasteiger partial charge is 0.0708 e. The number of hydrogen-bond donors (Lipinski definition) is 0. The van der Waals surface area contributed by atoms with E-state index in [9.17, 15) is 0 Å². The van der Waals surface area contributed by atoms with Gasteiger partial charge in [-0.25, -0.2) is 0 Å². The van der Waals surface area contributed by atoms with Crippen molar-refractivity contribution in [3.63, 3.8) is 0 Å². The Hall–Kier alpha value is -6.95. The number of aromatic nitrogens is 4. The molecule has 270 valence electrons. The molecule has 0 fully saturated rings. The summed E-state index contributed by atoms with van der Waals surface area (Å²) in [5, 5.41) is 4.95. The fourth-order valence-corrected chi connectivity index (χ4v) is 9.83. The molecule has 0 bridgehead atoms. The van der Waals surface area contributed by atoms with Crippen LogP contribution < -0.4 is 0 Å². The van der Waals surface area contributed by atoms with E-state index < -0.39 is 0 Å². The zero-order chi connectivity index (χ0) is 37.9. The van der Waals surface area contributed by atoms with Gasteiger partial charge in [0.2, 0.25) is 0 Å². The van der Waals surface area contributed by atoms with E-state index >= 15 is 0 Å². The van der Waals surface area contributed by atoms with Crippen LogP contribution in [-0.2, 0) is 0 Å². The molecule has 5 aromatic carbocycles. The molecule has 0 saturated heterocycles. The molecule has 5 heterocycles. The first-order chi connectivity index (χ1) is 28.2. The molecule has 1 aliphatic rings. The van der Waals surface area contributed by atoms with Gasteiger partial charge in [0, 0.05) is 72.5 Å². The molecule has 1 atom stereocenters. The van der Waals surface area contributed by atoms with Crippen molar-refractivity contribution in [2.75, 3.05) is 0 Å². The lowest BCUT2D eigenvalue weighted by molar-refractivity contribution is 0.757.